The summed E-state index contributed by atoms with van der Waals surface area (Å²) in [6.45, 7) is 8.44. The van der Waals surface area contributed by atoms with Crippen molar-refractivity contribution in [3.05, 3.63) is 64.7 Å². The zero-order valence-corrected chi connectivity index (χ0v) is 15.4. The highest BCUT2D eigenvalue weighted by Crippen LogP contribution is 2.24. The van der Waals surface area contributed by atoms with Crippen LogP contribution in [0.2, 0.25) is 0 Å². The fourth-order valence-electron chi connectivity index (χ4n) is 3.01. The molecule has 2 amide bonds. The Hall–Kier alpha value is -2.62. The van der Waals surface area contributed by atoms with Crippen LogP contribution in [0.4, 0.5) is 5.69 Å². The molecule has 4 heteroatoms. The van der Waals surface area contributed by atoms with Crippen molar-refractivity contribution >= 4 is 17.5 Å². The molecule has 0 aliphatic heterocycles. The Morgan fingerprint density at radius 1 is 0.920 bits per heavy atom. The summed E-state index contributed by atoms with van der Waals surface area (Å²) in [6, 6.07) is 13.8. The van der Waals surface area contributed by atoms with Crippen molar-refractivity contribution in [2.75, 3.05) is 18.0 Å². The third-order valence-electron chi connectivity index (χ3n) is 4.36. The van der Waals surface area contributed by atoms with E-state index in [-0.39, 0.29) is 11.8 Å². The summed E-state index contributed by atoms with van der Waals surface area (Å²) < 4.78 is 0. The molecule has 25 heavy (non-hydrogen) atoms. The molecule has 0 bridgehead atoms. The fraction of sp³-hybridized carbons (Fsp3) is 0.333. The molecule has 0 radical (unpaired) electrons. The van der Waals surface area contributed by atoms with E-state index in [4.69, 9.17) is 0 Å². The molecule has 0 aromatic heterocycles. The van der Waals surface area contributed by atoms with E-state index in [1.807, 2.05) is 63.2 Å². The lowest BCUT2D eigenvalue weighted by Gasteiger charge is -2.25. The molecule has 0 fully saturated rings. The van der Waals surface area contributed by atoms with Gasteiger partial charge in [0.1, 0.15) is 0 Å². The predicted octanol–water partition coefficient (Wildman–Crippen LogP) is 3.32. The number of carbonyl (C=O) groups is 2. The summed E-state index contributed by atoms with van der Waals surface area (Å²) in [5.41, 5.74) is 5.18. The highest BCUT2D eigenvalue weighted by molar-refractivity contribution is 5.93. The third kappa shape index (κ3) is 4.92. The minimum Gasteiger partial charge on any atom is -0.354 e. The van der Waals surface area contributed by atoms with E-state index in [9.17, 15) is 9.59 Å². The maximum atomic E-state index is 12.2. The predicted molar refractivity (Wildman–Crippen MR) is 102 cm³/mol. The molecular weight excluding hydrogens is 312 g/mol. The van der Waals surface area contributed by atoms with Crippen LogP contribution in [0.15, 0.2) is 42.5 Å². The highest BCUT2D eigenvalue weighted by atomic mass is 16.2. The van der Waals surface area contributed by atoms with Crippen LogP contribution in [0, 0.1) is 20.8 Å². The minimum absolute atomic E-state index is 0.0226. The molecule has 0 spiro atoms. The number of anilines is 1. The lowest BCUT2D eigenvalue weighted by atomic mass is 10.1. The minimum atomic E-state index is -0.0284. The Kier molecular flexibility index (Phi) is 6.34. The fourth-order valence-corrected chi connectivity index (χ4v) is 3.01. The molecule has 0 saturated carbocycles. The van der Waals surface area contributed by atoms with Crippen LogP contribution in [0.25, 0.3) is 0 Å². The largest absolute Gasteiger partial charge is 0.354 e. The van der Waals surface area contributed by atoms with Crippen LogP contribution < -0.4 is 10.2 Å². The molecule has 0 heterocycles. The van der Waals surface area contributed by atoms with Gasteiger partial charge in [0, 0.05) is 25.7 Å². The summed E-state index contributed by atoms with van der Waals surface area (Å²) in [5, 5.41) is 2.92. The Bertz CT molecular complexity index is 748. The number of hydrogen-bond acceptors (Lipinski definition) is 2. The molecule has 4 nitrogen and oxygen atoms in total. The van der Waals surface area contributed by atoms with E-state index >= 15 is 0 Å². The molecule has 1 N–H and O–H groups in total. The lowest BCUT2D eigenvalue weighted by molar-refractivity contribution is -0.121. The van der Waals surface area contributed by atoms with Crippen molar-refractivity contribution in [3.63, 3.8) is 0 Å². The van der Waals surface area contributed by atoms with E-state index < -0.39 is 0 Å². The number of aryl methyl sites for hydroxylation is 3. The number of hydrogen-bond donors (Lipinski definition) is 1. The number of carbonyl (C=O) groups excluding carboxylic acids is 2. The first kappa shape index (κ1) is 18.7. The molecule has 0 saturated heterocycles. The van der Waals surface area contributed by atoms with Gasteiger partial charge in [-0.2, -0.15) is 0 Å². The Labute approximate surface area is 149 Å². The van der Waals surface area contributed by atoms with Gasteiger partial charge in [0.25, 0.3) is 0 Å². The van der Waals surface area contributed by atoms with Gasteiger partial charge in [-0.15, -0.1) is 0 Å². The van der Waals surface area contributed by atoms with Crippen molar-refractivity contribution < 1.29 is 9.59 Å². The number of benzene rings is 2. The van der Waals surface area contributed by atoms with Crippen LogP contribution in [-0.4, -0.2) is 24.9 Å². The smallest absolute Gasteiger partial charge is 0.224 e. The number of para-hydroxylation sites is 1. The zero-order chi connectivity index (χ0) is 18.4. The molecule has 0 atom stereocenters. The zero-order valence-electron chi connectivity index (χ0n) is 15.4. The number of rotatable bonds is 6. The highest BCUT2D eigenvalue weighted by Gasteiger charge is 2.16. The van der Waals surface area contributed by atoms with E-state index in [1.54, 1.807) is 11.8 Å². The maximum absolute atomic E-state index is 12.2. The Morgan fingerprint density at radius 3 is 2.12 bits per heavy atom. The summed E-state index contributed by atoms with van der Waals surface area (Å²) in [6.07, 6.45) is 0.357. The standard InChI is InChI=1S/C21H26N2O2/c1-15-8-5-6-11-19(15)14-20(25)22-12-13-23(18(4)24)21-16(2)9-7-10-17(21)3/h5-11H,12-14H2,1-4H3,(H,22,25). The molecule has 2 aromatic carbocycles. The normalized spacial score (nSPS) is 10.4. The molecule has 2 aromatic rings. The van der Waals surface area contributed by atoms with Gasteiger partial charge in [-0.3, -0.25) is 9.59 Å². The molecular formula is C21H26N2O2. The van der Waals surface area contributed by atoms with Gasteiger partial charge in [-0.25, -0.2) is 0 Å². The first-order valence-corrected chi connectivity index (χ1v) is 8.55. The third-order valence-corrected chi connectivity index (χ3v) is 4.36. The molecule has 132 valence electrons. The Balaban J connectivity index is 1.97. The van der Waals surface area contributed by atoms with Crippen LogP contribution in [-0.2, 0) is 16.0 Å². The molecule has 2 rings (SSSR count). The first-order valence-electron chi connectivity index (χ1n) is 8.55. The molecule has 0 aliphatic carbocycles. The van der Waals surface area contributed by atoms with Crippen molar-refractivity contribution in [3.8, 4) is 0 Å². The van der Waals surface area contributed by atoms with Gasteiger partial charge in [0.2, 0.25) is 11.8 Å². The average molecular weight is 338 g/mol. The van der Waals surface area contributed by atoms with Crippen LogP contribution in [0.1, 0.15) is 29.2 Å². The monoisotopic (exact) mass is 338 g/mol. The van der Waals surface area contributed by atoms with Crippen molar-refractivity contribution in [2.24, 2.45) is 0 Å². The van der Waals surface area contributed by atoms with Gasteiger partial charge in [0.15, 0.2) is 0 Å². The first-order chi connectivity index (χ1) is 11.9. The van der Waals surface area contributed by atoms with Gasteiger partial charge in [-0.1, -0.05) is 42.5 Å². The van der Waals surface area contributed by atoms with E-state index in [1.165, 1.54) is 0 Å². The van der Waals surface area contributed by atoms with Crippen molar-refractivity contribution in [2.45, 2.75) is 34.1 Å². The van der Waals surface area contributed by atoms with Crippen molar-refractivity contribution in [1.82, 2.24) is 5.32 Å². The van der Waals surface area contributed by atoms with Gasteiger partial charge in [0.05, 0.1) is 6.42 Å². The average Bonchev–Trinajstić information content (AvgIpc) is 2.55. The topological polar surface area (TPSA) is 49.4 Å². The summed E-state index contributed by atoms with van der Waals surface area (Å²) >= 11 is 0. The molecule has 0 unspecified atom stereocenters. The lowest BCUT2D eigenvalue weighted by Crippen LogP contribution is -2.38. The van der Waals surface area contributed by atoms with Gasteiger partial charge < -0.3 is 10.2 Å². The van der Waals surface area contributed by atoms with Crippen molar-refractivity contribution in [1.29, 1.82) is 0 Å². The SMILES string of the molecule is CC(=O)N(CCNC(=O)Cc1ccccc1C)c1c(C)cccc1C. The molecule has 0 aliphatic rings. The van der Waals surface area contributed by atoms with Crippen LogP contribution >= 0.6 is 0 Å². The van der Waals surface area contributed by atoms with Gasteiger partial charge >= 0.3 is 0 Å². The van der Waals surface area contributed by atoms with E-state index in [0.717, 1.165) is 27.9 Å². The van der Waals surface area contributed by atoms with Crippen LogP contribution in [0.3, 0.4) is 0 Å². The second kappa shape index (κ2) is 8.47. The second-order valence-corrected chi connectivity index (χ2v) is 6.36. The summed E-state index contributed by atoms with van der Waals surface area (Å²) in [7, 11) is 0. The second-order valence-electron chi connectivity index (χ2n) is 6.36. The van der Waals surface area contributed by atoms with E-state index in [2.05, 4.69) is 5.32 Å². The quantitative estimate of drug-likeness (QED) is 0.878. The summed E-state index contributed by atoms with van der Waals surface area (Å²) in [5.74, 6) is -0.0511. The number of nitrogens with one attached hydrogen (secondary N) is 1. The maximum Gasteiger partial charge on any atom is 0.224 e. The van der Waals surface area contributed by atoms with Crippen LogP contribution in [0.5, 0.6) is 0 Å². The number of amides is 2. The Morgan fingerprint density at radius 2 is 1.52 bits per heavy atom. The number of nitrogens with zero attached hydrogens (tertiary/aromatic N) is 1. The summed E-state index contributed by atoms with van der Waals surface area (Å²) in [4.78, 5) is 26.0. The van der Waals surface area contributed by atoms with Gasteiger partial charge in [-0.05, 0) is 43.0 Å². The van der Waals surface area contributed by atoms with E-state index in [0.29, 0.717) is 19.5 Å².